The third-order valence-electron chi connectivity index (χ3n) is 1.72. The summed E-state index contributed by atoms with van der Waals surface area (Å²) in [6.45, 7) is 3.94. The summed E-state index contributed by atoms with van der Waals surface area (Å²) in [5, 5.41) is 0. The van der Waals surface area contributed by atoms with Crippen LogP contribution in [0.1, 0.15) is 12.5 Å². The Morgan fingerprint density at radius 1 is 1.36 bits per heavy atom. The second kappa shape index (κ2) is 5.14. The van der Waals surface area contributed by atoms with Crippen LogP contribution in [0.3, 0.4) is 0 Å². The molecule has 1 unspecified atom stereocenters. The number of benzene rings is 1. The fourth-order valence-electron chi connectivity index (χ4n) is 1.08. The van der Waals surface area contributed by atoms with Gasteiger partial charge in [-0.1, -0.05) is 30.3 Å². The van der Waals surface area contributed by atoms with E-state index in [0.29, 0.717) is 6.61 Å². The summed E-state index contributed by atoms with van der Waals surface area (Å²) < 4.78 is 16.8. The van der Waals surface area contributed by atoms with Crippen LogP contribution in [0, 0.1) is 0 Å². The largest absolute Gasteiger partial charge is 0.326 e. The Morgan fingerprint density at radius 2 is 2.00 bits per heavy atom. The predicted octanol–water partition coefficient (Wildman–Crippen LogP) is 3.60. The highest BCUT2D eigenvalue weighted by Gasteiger charge is 2.08. The van der Waals surface area contributed by atoms with Gasteiger partial charge in [-0.15, -0.1) is 0 Å². The van der Waals surface area contributed by atoms with Crippen LogP contribution in [0.5, 0.6) is 0 Å². The number of hydrogen-bond acceptors (Lipinski definition) is 2. The average Bonchev–Trinajstić information content (AvgIpc) is 2.17. The van der Waals surface area contributed by atoms with Gasteiger partial charge >= 0.3 is 0 Å². The van der Waals surface area contributed by atoms with E-state index in [1.165, 1.54) is 0 Å². The molecule has 0 aliphatic heterocycles. The van der Waals surface area contributed by atoms with Gasteiger partial charge in [0.15, 0.2) is 0 Å². The summed E-state index contributed by atoms with van der Waals surface area (Å²) in [4.78, 5) is 0. The molecule has 1 atom stereocenters. The van der Waals surface area contributed by atoms with E-state index < -0.39 is 7.37 Å². The van der Waals surface area contributed by atoms with Crippen molar-refractivity contribution in [3.8, 4) is 0 Å². The van der Waals surface area contributed by atoms with Crippen molar-refractivity contribution in [1.29, 1.82) is 0 Å². The minimum atomic E-state index is -2.54. The van der Waals surface area contributed by atoms with Crippen molar-refractivity contribution in [3.05, 3.63) is 41.7 Å². The first-order valence-electron chi connectivity index (χ1n) is 4.60. The smallest absolute Gasteiger partial charge is 0.222 e. The molecule has 0 fully saturated rings. The summed E-state index contributed by atoms with van der Waals surface area (Å²) >= 11 is 0. The van der Waals surface area contributed by atoms with E-state index in [9.17, 15) is 4.57 Å². The molecule has 14 heavy (non-hydrogen) atoms. The van der Waals surface area contributed by atoms with Crippen LogP contribution in [0.15, 0.2) is 36.1 Å². The van der Waals surface area contributed by atoms with Crippen LogP contribution >= 0.6 is 7.37 Å². The molecule has 0 amide bonds. The Morgan fingerprint density at radius 3 is 2.57 bits per heavy atom. The predicted molar refractivity (Wildman–Crippen MR) is 60.6 cm³/mol. The third-order valence-corrected chi connectivity index (χ3v) is 3.18. The van der Waals surface area contributed by atoms with Gasteiger partial charge in [0.25, 0.3) is 0 Å². The molecule has 0 spiro atoms. The highest BCUT2D eigenvalue weighted by molar-refractivity contribution is 7.61. The van der Waals surface area contributed by atoms with Crippen molar-refractivity contribution in [2.45, 2.75) is 6.92 Å². The van der Waals surface area contributed by atoms with E-state index in [2.05, 4.69) is 0 Å². The molecule has 0 bridgehead atoms. The zero-order chi connectivity index (χ0) is 10.4. The lowest BCUT2D eigenvalue weighted by Gasteiger charge is -2.06. The van der Waals surface area contributed by atoms with Crippen molar-refractivity contribution >= 4 is 13.4 Å². The first-order chi connectivity index (χ1) is 6.64. The Balaban J connectivity index is 2.69. The van der Waals surface area contributed by atoms with E-state index >= 15 is 0 Å². The van der Waals surface area contributed by atoms with Gasteiger partial charge in [-0.2, -0.15) is 0 Å². The normalized spacial score (nSPS) is 15.6. The van der Waals surface area contributed by atoms with Crippen LogP contribution < -0.4 is 0 Å². The summed E-state index contributed by atoms with van der Waals surface area (Å²) in [5.41, 5.74) is 1.04. The average molecular weight is 210 g/mol. The summed E-state index contributed by atoms with van der Waals surface area (Å²) in [7, 11) is -2.54. The van der Waals surface area contributed by atoms with Crippen LogP contribution in [-0.4, -0.2) is 13.3 Å². The summed E-state index contributed by atoms with van der Waals surface area (Å²) in [6, 6.07) is 9.76. The molecule has 0 aliphatic rings. The number of hydrogen-bond donors (Lipinski definition) is 0. The van der Waals surface area contributed by atoms with Crippen molar-refractivity contribution < 1.29 is 9.09 Å². The van der Waals surface area contributed by atoms with Crippen LogP contribution in [0.25, 0.3) is 6.08 Å². The van der Waals surface area contributed by atoms with Gasteiger partial charge < -0.3 is 4.52 Å². The lowest BCUT2D eigenvalue weighted by molar-refractivity contribution is 0.344. The fourth-order valence-corrected chi connectivity index (χ4v) is 2.13. The Labute approximate surface area is 85.1 Å². The molecule has 3 heteroatoms. The minimum absolute atomic E-state index is 0.479. The van der Waals surface area contributed by atoms with Crippen molar-refractivity contribution in [1.82, 2.24) is 0 Å². The maximum atomic E-state index is 11.7. The second-order valence-corrected chi connectivity index (χ2v) is 5.43. The molecule has 0 aromatic heterocycles. The van der Waals surface area contributed by atoms with Gasteiger partial charge in [-0.3, -0.25) is 4.57 Å². The third kappa shape index (κ3) is 3.91. The molecule has 2 nitrogen and oxygen atoms in total. The maximum absolute atomic E-state index is 11.7. The first-order valence-corrected chi connectivity index (χ1v) is 6.74. The highest BCUT2D eigenvalue weighted by Crippen LogP contribution is 2.44. The van der Waals surface area contributed by atoms with Gasteiger partial charge in [-0.05, 0) is 18.6 Å². The van der Waals surface area contributed by atoms with Gasteiger partial charge in [0.1, 0.15) is 0 Å². The standard InChI is InChI=1S/C11H15O2P/c1-3-13-14(2,12)10-9-11-7-5-4-6-8-11/h4-10H,3H2,1-2H3/b10-9+. The molecule has 76 valence electrons. The lowest BCUT2D eigenvalue weighted by atomic mass is 10.2. The lowest BCUT2D eigenvalue weighted by Crippen LogP contribution is -1.83. The maximum Gasteiger partial charge on any atom is 0.222 e. The Bertz CT molecular complexity index is 344. The van der Waals surface area contributed by atoms with Crippen molar-refractivity contribution in [2.75, 3.05) is 13.3 Å². The van der Waals surface area contributed by atoms with E-state index in [-0.39, 0.29) is 0 Å². The van der Waals surface area contributed by atoms with Crippen LogP contribution in [0.2, 0.25) is 0 Å². The van der Waals surface area contributed by atoms with E-state index in [0.717, 1.165) is 5.56 Å². The molecule has 0 radical (unpaired) electrons. The van der Waals surface area contributed by atoms with Gasteiger partial charge in [-0.25, -0.2) is 0 Å². The second-order valence-electron chi connectivity index (χ2n) is 3.05. The summed E-state index contributed by atoms with van der Waals surface area (Å²) in [5.74, 6) is 1.64. The SMILES string of the molecule is CCOP(C)(=O)/C=C/c1ccccc1. The zero-order valence-corrected chi connectivity index (χ0v) is 9.41. The molecular formula is C11H15O2P. The van der Waals surface area contributed by atoms with Crippen LogP contribution in [-0.2, 0) is 9.09 Å². The molecule has 0 heterocycles. The van der Waals surface area contributed by atoms with Gasteiger partial charge in [0.05, 0.1) is 6.61 Å². The van der Waals surface area contributed by atoms with E-state index in [1.54, 1.807) is 12.5 Å². The van der Waals surface area contributed by atoms with Crippen LogP contribution in [0.4, 0.5) is 0 Å². The minimum Gasteiger partial charge on any atom is -0.326 e. The molecule has 1 aromatic rings. The highest BCUT2D eigenvalue weighted by atomic mass is 31.2. The quantitative estimate of drug-likeness (QED) is 0.709. The number of rotatable bonds is 4. The zero-order valence-electron chi connectivity index (χ0n) is 8.51. The van der Waals surface area contributed by atoms with Gasteiger partial charge in [0.2, 0.25) is 7.37 Å². The molecule has 0 saturated heterocycles. The molecule has 0 saturated carbocycles. The summed E-state index contributed by atoms with van der Waals surface area (Å²) in [6.07, 6.45) is 1.83. The monoisotopic (exact) mass is 210 g/mol. The van der Waals surface area contributed by atoms with E-state index in [1.807, 2.05) is 43.3 Å². The molecule has 1 rings (SSSR count). The fraction of sp³-hybridized carbons (Fsp3) is 0.273. The van der Waals surface area contributed by atoms with Crippen molar-refractivity contribution in [3.63, 3.8) is 0 Å². The van der Waals surface area contributed by atoms with E-state index in [4.69, 9.17) is 4.52 Å². The van der Waals surface area contributed by atoms with Gasteiger partial charge in [0, 0.05) is 12.5 Å². The Kier molecular flexibility index (Phi) is 4.12. The molecule has 1 aromatic carbocycles. The topological polar surface area (TPSA) is 26.3 Å². The first kappa shape index (κ1) is 11.2. The molecule has 0 aliphatic carbocycles. The van der Waals surface area contributed by atoms with Crippen molar-refractivity contribution in [2.24, 2.45) is 0 Å². The molecule has 0 N–H and O–H groups in total. The Hall–Kier alpha value is -0.850. The molecular weight excluding hydrogens is 195 g/mol.